The monoisotopic (exact) mass is 375 g/mol. The van der Waals surface area contributed by atoms with Gasteiger partial charge >= 0.3 is 0 Å². The molecular weight excluding hydrogens is 358 g/mol. The number of carbonyl (C=O) groups is 1. The molecule has 25 heavy (non-hydrogen) atoms. The van der Waals surface area contributed by atoms with Crippen LogP contribution in [-0.2, 0) is 11.3 Å². The maximum absolute atomic E-state index is 12.3. The van der Waals surface area contributed by atoms with E-state index in [0.29, 0.717) is 16.7 Å². The molecule has 0 unspecified atom stereocenters. The number of carbonyl (C=O) groups excluding carboxylic acids is 1. The van der Waals surface area contributed by atoms with Gasteiger partial charge in [-0.15, -0.1) is 0 Å². The lowest BCUT2D eigenvalue weighted by molar-refractivity contribution is -0.120. The summed E-state index contributed by atoms with van der Waals surface area (Å²) < 4.78 is 5.12. The molecule has 1 aromatic heterocycles. The molecule has 1 heterocycles. The van der Waals surface area contributed by atoms with Crippen molar-refractivity contribution in [1.29, 1.82) is 0 Å². The van der Waals surface area contributed by atoms with Gasteiger partial charge in [0.15, 0.2) is 5.16 Å². The molecule has 3 rings (SSSR count). The third kappa shape index (κ3) is 4.46. The Kier molecular flexibility index (Phi) is 5.50. The number of aromatic amines is 1. The SMILES string of the molecule is COc1ccc(CNC(=O)[C@@H](C)Sc2nc3ccc(Cl)cc3[nH]2)cc1. The number of H-pyrrole nitrogens is 1. The van der Waals surface area contributed by atoms with E-state index in [2.05, 4.69) is 15.3 Å². The van der Waals surface area contributed by atoms with Gasteiger partial charge in [0.25, 0.3) is 0 Å². The highest BCUT2D eigenvalue weighted by molar-refractivity contribution is 8.00. The number of nitrogens with zero attached hydrogens (tertiary/aromatic N) is 1. The lowest BCUT2D eigenvalue weighted by atomic mass is 10.2. The lowest BCUT2D eigenvalue weighted by Gasteiger charge is -2.11. The number of aromatic nitrogens is 2. The summed E-state index contributed by atoms with van der Waals surface area (Å²) >= 11 is 7.36. The molecule has 0 aliphatic rings. The van der Waals surface area contributed by atoms with Crippen LogP contribution in [0, 0.1) is 0 Å². The number of thioether (sulfide) groups is 1. The summed E-state index contributed by atoms with van der Waals surface area (Å²) in [6, 6.07) is 13.1. The highest BCUT2D eigenvalue weighted by Gasteiger charge is 2.16. The van der Waals surface area contributed by atoms with Gasteiger partial charge in [-0.25, -0.2) is 4.98 Å². The van der Waals surface area contributed by atoms with Crippen molar-refractivity contribution < 1.29 is 9.53 Å². The number of ether oxygens (including phenoxy) is 1. The van der Waals surface area contributed by atoms with E-state index in [9.17, 15) is 4.79 Å². The molecule has 2 N–H and O–H groups in total. The molecule has 3 aromatic rings. The van der Waals surface area contributed by atoms with Crippen LogP contribution in [0.4, 0.5) is 0 Å². The van der Waals surface area contributed by atoms with Crippen LogP contribution in [0.3, 0.4) is 0 Å². The number of rotatable bonds is 6. The first-order valence-electron chi connectivity index (χ1n) is 7.78. The van der Waals surface area contributed by atoms with E-state index in [1.54, 1.807) is 13.2 Å². The van der Waals surface area contributed by atoms with E-state index in [4.69, 9.17) is 16.3 Å². The van der Waals surface area contributed by atoms with Crippen molar-refractivity contribution in [2.45, 2.75) is 23.9 Å². The van der Waals surface area contributed by atoms with Gasteiger partial charge in [0.05, 0.1) is 23.4 Å². The number of hydrogen-bond donors (Lipinski definition) is 2. The van der Waals surface area contributed by atoms with E-state index in [1.807, 2.05) is 43.3 Å². The van der Waals surface area contributed by atoms with E-state index in [0.717, 1.165) is 22.3 Å². The normalized spacial score (nSPS) is 12.1. The smallest absolute Gasteiger partial charge is 0.233 e. The molecule has 1 atom stereocenters. The van der Waals surface area contributed by atoms with E-state index in [-0.39, 0.29) is 11.2 Å². The first-order chi connectivity index (χ1) is 12.0. The average Bonchev–Trinajstić information content (AvgIpc) is 3.01. The van der Waals surface area contributed by atoms with Gasteiger partial charge in [-0.2, -0.15) is 0 Å². The third-order valence-corrected chi connectivity index (χ3v) is 4.92. The standard InChI is InChI=1S/C18H18ClN3O2S/c1-11(17(23)20-10-12-3-6-14(24-2)7-4-12)25-18-21-15-8-5-13(19)9-16(15)22-18/h3-9,11H,10H2,1-2H3,(H,20,23)(H,21,22)/t11-/m1/s1. The molecular formula is C18H18ClN3O2S. The Morgan fingerprint density at radius 2 is 2.08 bits per heavy atom. The van der Waals surface area contributed by atoms with Gasteiger partial charge < -0.3 is 15.0 Å². The van der Waals surface area contributed by atoms with Crippen LogP contribution in [0.25, 0.3) is 11.0 Å². The third-order valence-electron chi connectivity index (χ3n) is 3.71. The van der Waals surface area contributed by atoms with Crippen molar-refractivity contribution >= 4 is 40.3 Å². The second-order valence-electron chi connectivity index (χ2n) is 5.53. The predicted octanol–water partition coefficient (Wildman–Crippen LogP) is 4.02. The summed E-state index contributed by atoms with van der Waals surface area (Å²) in [5, 5.41) is 4.02. The van der Waals surface area contributed by atoms with Crippen LogP contribution in [0.1, 0.15) is 12.5 Å². The highest BCUT2D eigenvalue weighted by Crippen LogP contribution is 2.25. The van der Waals surface area contributed by atoms with Crippen molar-refractivity contribution in [2.24, 2.45) is 0 Å². The molecule has 7 heteroatoms. The first kappa shape index (κ1) is 17.6. The molecule has 0 saturated heterocycles. The number of fused-ring (bicyclic) bond motifs is 1. The number of benzene rings is 2. The van der Waals surface area contributed by atoms with Crippen molar-refractivity contribution in [1.82, 2.24) is 15.3 Å². The van der Waals surface area contributed by atoms with Crippen LogP contribution in [0.5, 0.6) is 5.75 Å². The molecule has 0 bridgehead atoms. The number of hydrogen-bond acceptors (Lipinski definition) is 4. The van der Waals surface area contributed by atoms with Crippen molar-refractivity contribution in [3.05, 3.63) is 53.1 Å². The van der Waals surface area contributed by atoms with Gasteiger partial charge in [-0.05, 0) is 42.8 Å². The summed E-state index contributed by atoms with van der Waals surface area (Å²) in [5.74, 6) is 0.753. The van der Waals surface area contributed by atoms with Crippen molar-refractivity contribution in [2.75, 3.05) is 7.11 Å². The summed E-state index contributed by atoms with van der Waals surface area (Å²) in [7, 11) is 1.63. The average molecular weight is 376 g/mol. The second-order valence-corrected chi connectivity index (χ2v) is 7.30. The Bertz CT molecular complexity index is 880. The fourth-order valence-electron chi connectivity index (χ4n) is 2.31. The van der Waals surface area contributed by atoms with Gasteiger partial charge in [-0.1, -0.05) is 35.5 Å². The topological polar surface area (TPSA) is 67.0 Å². The van der Waals surface area contributed by atoms with Crippen LogP contribution in [-0.4, -0.2) is 28.2 Å². The lowest BCUT2D eigenvalue weighted by Crippen LogP contribution is -2.30. The zero-order valence-electron chi connectivity index (χ0n) is 13.9. The number of halogens is 1. The molecule has 2 aromatic carbocycles. The Balaban J connectivity index is 1.57. The Labute approximate surface area is 155 Å². The van der Waals surface area contributed by atoms with Gasteiger partial charge in [0, 0.05) is 11.6 Å². The largest absolute Gasteiger partial charge is 0.497 e. The molecule has 0 spiro atoms. The second kappa shape index (κ2) is 7.80. The zero-order valence-corrected chi connectivity index (χ0v) is 15.4. The molecule has 0 aliphatic heterocycles. The summed E-state index contributed by atoms with van der Waals surface area (Å²) in [6.45, 7) is 2.33. The van der Waals surface area contributed by atoms with Crippen LogP contribution in [0.15, 0.2) is 47.6 Å². The predicted molar refractivity (Wildman–Crippen MR) is 101 cm³/mol. The van der Waals surface area contributed by atoms with Gasteiger partial charge in [-0.3, -0.25) is 4.79 Å². The molecule has 1 amide bonds. The Morgan fingerprint density at radius 3 is 2.80 bits per heavy atom. The van der Waals surface area contributed by atoms with Crippen LogP contribution in [0.2, 0.25) is 5.02 Å². The highest BCUT2D eigenvalue weighted by atomic mass is 35.5. The van der Waals surface area contributed by atoms with E-state index in [1.165, 1.54) is 11.8 Å². The quantitative estimate of drug-likeness (QED) is 0.638. The van der Waals surface area contributed by atoms with E-state index >= 15 is 0 Å². The van der Waals surface area contributed by atoms with Crippen LogP contribution < -0.4 is 10.1 Å². The van der Waals surface area contributed by atoms with Crippen LogP contribution >= 0.6 is 23.4 Å². The minimum atomic E-state index is -0.269. The number of nitrogens with one attached hydrogen (secondary N) is 2. The molecule has 5 nitrogen and oxygen atoms in total. The molecule has 0 aliphatic carbocycles. The minimum Gasteiger partial charge on any atom is -0.497 e. The number of methoxy groups -OCH3 is 1. The Morgan fingerprint density at radius 1 is 1.32 bits per heavy atom. The van der Waals surface area contributed by atoms with Gasteiger partial charge in [0.1, 0.15) is 5.75 Å². The first-order valence-corrected chi connectivity index (χ1v) is 9.03. The van der Waals surface area contributed by atoms with Gasteiger partial charge in [0.2, 0.25) is 5.91 Å². The Hall–Kier alpha value is -2.18. The number of amides is 1. The zero-order chi connectivity index (χ0) is 17.8. The van der Waals surface area contributed by atoms with E-state index < -0.39 is 0 Å². The summed E-state index contributed by atoms with van der Waals surface area (Å²) in [6.07, 6.45) is 0. The van der Waals surface area contributed by atoms with Crippen molar-refractivity contribution in [3.63, 3.8) is 0 Å². The number of imidazole rings is 1. The molecule has 130 valence electrons. The maximum Gasteiger partial charge on any atom is 0.233 e. The summed E-state index contributed by atoms with van der Waals surface area (Å²) in [4.78, 5) is 19.9. The molecule has 0 saturated carbocycles. The fourth-order valence-corrected chi connectivity index (χ4v) is 3.33. The van der Waals surface area contributed by atoms with Crippen molar-refractivity contribution in [3.8, 4) is 5.75 Å². The fraction of sp³-hybridized carbons (Fsp3) is 0.222. The molecule has 0 fully saturated rings. The maximum atomic E-state index is 12.3. The minimum absolute atomic E-state index is 0.0423. The molecule has 0 radical (unpaired) electrons. The summed E-state index contributed by atoms with van der Waals surface area (Å²) in [5.41, 5.74) is 2.71.